The zero-order chi connectivity index (χ0) is 29.0. The van der Waals surface area contributed by atoms with Crippen molar-refractivity contribution < 1.29 is 0 Å². The molecule has 0 radical (unpaired) electrons. The molecule has 9 rings (SSSR count). The fourth-order valence-electron chi connectivity index (χ4n) is 7.10. The molecule has 0 fully saturated rings. The number of hydrogen-bond acceptors (Lipinski definition) is 3. The van der Waals surface area contributed by atoms with Gasteiger partial charge < -0.3 is 9.80 Å². The summed E-state index contributed by atoms with van der Waals surface area (Å²) < 4.78 is 0. The van der Waals surface area contributed by atoms with Crippen LogP contribution in [0.3, 0.4) is 0 Å². The summed E-state index contributed by atoms with van der Waals surface area (Å²) in [4.78, 5) is 6.26. The molecule has 0 spiro atoms. The lowest BCUT2D eigenvalue weighted by Gasteiger charge is -2.43. The topological polar surface area (TPSA) is 6.48 Å². The van der Waals surface area contributed by atoms with E-state index < -0.39 is 0 Å². The Morgan fingerprint density at radius 3 is 1.57 bits per heavy atom. The van der Waals surface area contributed by atoms with E-state index in [2.05, 4.69) is 174 Å². The molecular formula is C40H27BN2S. The monoisotopic (exact) mass is 578 g/mol. The van der Waals surface area contributed by atoms with Gasteiger partial charge in [-0.1, -0.05) is 121 Å². The number of hydrogen-bond donors (Lipinski definition) is 0. The molecule has 0 bridgehead atoms. The number of fused-ring (bicyclic) bond motifs is 4. The average molecular weight is 579 g/mol. The Hall–Kier alpha value is -5.32. The van der Waals surface area contributed by atoms with Crippen LogP contribution in [0.25, 0.3) is 21.6 Å². The van der Waals surface area contributed by atoms with Gasteiger partial charge in [-0.25, -0.2) is 0 Å². The van der Waals surface area contributed by atoms with Crippen LogP contribution in [0.5, 0.6) is 0 Å². The largest absolute Gasteiger partial charge is 0.311 e. The number of rotatable bonds is 4. The molecule has 2 aliphatic rings. The third-order valence-electron chi connectivity index (χ3n) is 8.86. The number of nitrogens with zero attached hydrogens (tertiary/aromatic N) is 2. The summed E-state index contributed by atoms with van der Waals surface area (Å²) in [6, 6.07) is 59.4. The van der Waals surface area contributed by atoms with Crippen molar-refractivity contribution in [3.8, 4) is 21.6 Å². The standard InChI is InChI=1S/C40H27BN2S/c1-5-16-28(17-6-1)36-38-40(44-39(36)29-18-7-2-8-19-29)43(31-22-11-4-12-23-31)35-27-15-26-34-37(35)41(38)32-24-13-14-25-33(32)42(34)30-20-9-3-10-21-30/h1-27H. The molecular weight excluding hydrogens is 551 g/mol. The Morgan fingerprint density at radius 2 is 0.909 bits per heavy atom. The van der Waals surface area contributed by atoms with Crippen molar-refractivity contribution in [1.29, 1.82) is 0 Å². The molecule has 206 valence electrons. The molecule has 0 unspecified atom stereocenters. The van der Waals surface area contributed by atoms with Gasteiger partial charge in [0.2, 0.25) is 0 Å². The van der Waals surface area contributed by atoms with Crippen LogP contribution in [-0.2, 0) is 0 Å². The Labute approximate surface area is 262 Å². The first-order chi connectivity index (χ1) is 21.9. The lowest BCUT2D eigenvalue weighted by molar-refractivity contribution is 1.27. The fraction of sp³-hybridized carbons (Fsp3) is 0. The lowest BCUT2D eigenvalue weighted by atomic mass is 9.33. The summed E-state index contributed by atoms with van der Waals surface area (Å²) in [5.74, 6) is 0. The summed E-state index contributed by atoms with van der Waals surface area (Å²) in [6.45, 7) is 0.0799. The van der Waals surface area contributed by atoms with Gasteiger partial charge in [0.15, 0.2) is 0 Å². The van der Waals surface area contributed by atoms with Gasteiger partial charge in [0, 0.05) is 33.3 Å². The van der Waals surface area contributed by atoms with Gasteiger partial charge in [-0.2, -0.15) is 0 Å². The van der Waals surface area contributed by atoms with Crippen LogP contribution in [0.4, 0.5) is 33.4 Å². The number of para-hydroxylation sites is 3. The normalized spacial score (nSPS) is 12.9. The molecule has 2 nitrogen and oxygen atoms in total. The molecule has 1 aromatic heterocycles. The SMILES string of the molecule is c1ccc(-c2sc3c(c2-c2ccccc2)B2c4ccccc4N(c4ccccc4)c4cccc(c42)N3c2ccccc2)cc1. The molecule has 6 aromatic carbocycles. The average Bonchev–Trinajstić information content (AvgIpc) is 3.50. The van der Waals surface area contributed by atoms with Crippen molar-refractivity contribution in [2.45, 2.75) is 0 Å². The quantitative estimate of drug-likeness (QED) is 0.192. The molecule has 44 heavy (non-hydrogen) atoms. The van der Waals surface area contributed by atoms with Crippen LogP contribution in [0.1, 0.15) is 0 Å². The molecule has 0 amide bonds. The van der Waals surface area contributed by atoms with Crippen molar-refractivity contribution in [2.75, 3.05) is 9.80 Å². The highest BCUT2D eigenvalue weighted by atomic mass is 32.1. The summed E-state index contributed by atoms with van der Waals surface area (Å²) >= 11 is 1.91. The Morgan fingerprint density at radius 1 is 0.409 bits per heavy atom. The molecule has 2 aliphatic heterocycles. The summed E-state index contributed by atoms with van der Waals surface area (Å²) in [5.41, 5.74) is 13.9. The van der Waals surface area contributed by atoms with Crippen molar-refractivity contribution in [1.82, 2.24) is 0 Å². The number of anilines is 6. The maximum atomic E-state index is 2.51. The minimum absolute atomic E-state index is 0.0799. The minimum Gasteiger partial charge on any atom is -0.311 e. The summed E-state index contributed by atoms with van der Waals surface area (Å²) in [6.07, 6.45) is 0. The Bertz CT molecular complexity index is 2130. The first kappa shape index (κ1) is 25.2. The van der Waals surface area contributed by atoms with Gasteiger partial charge in [-0.05, 0) is 75.5 Å². The third kappa shape index (κ3) is 3.75. The smallest absolute Gasteiger partial charge is 0.254 e. The lowest BCUT2D eigenvalue weighted by Crippen LogP contribution is -2.61. The second-order valence-corrected chi connectivity index (χ2v) is 12.3. The van der Waals surface area contributed by atoms with Crippen LogP contribution in [-0.4, -0.2) is 6.71 Å². The van der Waals surface area contributed by atoms with Crippen molar-refractivity contribution in [2.24, 2.45) is 0 Å². The van der Waals surface area contributed by atoms with E-state index in [0.29, 0.717) is 0 Å². The van der Waals surface area contributed by atoms with Gasteiger partial charge in [0.05, 0.1) is 5.00 Å². The summed E-state index contributed by atoms with van der Waals surface area (Å²) in [7, 11) is 0. The van der Waals surface area contributed by atoms with E-state index >= 15 is 0 Å². The zero-order valence-corrected chi connectivity index (χ0v) is 24.8. The van der Waals surface area contributed by atoms with E-state index in [0.717, 1.165) is 0 Å². The number of benzene rings is 6. The first-order valence-electron chi connectivity index (χ1n) is 15.1. The highest BCUT2D eigenvalue weighted by Crippen LogP contribution is 2.50. The van der Waals surface area contributed by atoms with Gasteiger partial charge >= 0.3 is 0 Å². The Balaban J connectivity index is 1.43. The minimum atomic E-state index is 0.0799. The predicted octanol–water partition coefficient (Wildman–Crippen LogP) is 9.16. The van der Waals surface area contributed by atoms with Crippen LogP contribution in [0, 0.1) is 0 Å². The van der Waals surface area contributed by atoms with Gasteiger partial charge in [-0.15, -0.1) is 11.3 Å². The van der Waals surface area contributed by atoms with E-state index in [9.17, 15) is 0 Å². The van der Waals surface area contributed by atoms with Gasteiger partial charge in [0.25, 0.3) is 6.71 Å². The van der Waals surface area contributed by atoms with Crippen molar-refractivity contribution >= 4 is 67.9 Å². The highest BCUT2D eigenvalue weighted by Gasteiger charge is 2.46. The zero-order valence-electron chi connectivity index (χ0n) is 24.0. The van der Waals surface area contributed by atoms with Crippen LogP contribution < -0.4 is 26.2 Å². The van der Waals surface area contributed by atoms with E-state index in [1.807, 2.05) is 11.3 Å². The highest BCUT2D eigenvalue weighted by molar-refractivity contribution is 7.24. The fourth-order valence-corrected chi connectivity index (χ4v) is 8.50. The van der Waals surface area contributed by atoms with E-state index in [-0.39, 0.29) is 6.71 Å². The molecule has 4 heteroatoms. The van der Waals surface area contributed by atoms with E-state index in [4.69, 9.17) is 0 Å². The van der Waals surface area contributed by atoms with Gasteiger partial charge in [0.1, 0.15) is 0 Å². The molecule has 0 atom stereocenters. The maximum Gasteiger partial charge on any atom is 0.254 e. The summed E-state index contributed by atoms with van der Waals surface area (Å²) in [5, 5.41) is 1.28. The molecule has 0 aliphatic carbocycles. The maximum absolute atomic E-state index is 2.51. The third-order valence-corrected chi connectivity index (χ3v) is 10.1. The van der Waals surface area contributed by atoms with E-state index in [1.165, 1.54) is 71.4 Å². The molecule has 0 saturated heterocycles. The van der Waals surface area contributed by atoms with Crippen LogP contribution in [0.2, 0.25) is 0 Å². The second-order valence-electron chi connectivity index (χ2n) is 11.3. The molecule has 7 aromatic rings. The second kappa shape index (κ2) is 10.2. The molecule has 0 saturated carbocycles. The van der Waals surface area contributed by atoms with Gasteiger partial charge in [-0.3, -0.25) is 0 Å². The van der Waals surface area contributed by atoms with Crippen molar-refractivity contribution in [3.63, 3.8) is 0 Å². The van der Waals surface area contributed by atoms with Crippen molar-refractivity contribution in [3.05, 3.63) is 164 Å². The molecule has 3 heterocycles. The number of thiophene rings is 1. The van der Waals surface area contributed by atoms with Crippen LogP contribution in [0.15, 0.2) is 164 Å². The van der Waals surface area contributed by atoms with Crippen LogP contribution >= 0.6 is 11.3 Å². The molecule has 0 N–H and O–H groups in total. The Kier molecular flexibility index (Phi) is 5.82. The first-order valence-corrected chi connectivity index (χ1v) is 15.9. The van der Waals surface area contributed by atoms with E-state index in [1.54, 1.807) is 0 Å². The predicted molar refractivity (Wildman–Crippen MR) is 189 cm³/mol.